The van der Waals surface area contributed by atoms with Gasteiger partial charge in [-0.2, -0.15) is 0 Å². The maximum Gasteiger partial charge on any atom is 0.326 e. The molecule has 0 radical (unpaired) electrons. The van der Waals surface area contributed by atoms with Crippen molar-refractivity contribution in [3.05, 3.63) is 42.0 Å². The summed E-state index contributed by atoms with van der Waals surface area (Å²) in [5, 5.41) is 17.4. The van der Waals surface area contributed by atoms with Crippen LogP contribution < -0.4 is 0 Å². The fourth-order valence-electron chi connectivity index (χ4n) is 4.19. The van der Waals surface area contributed by atoms with Gasteiger partial charge < -0.3 is 10.0 Å². The first kappa shape index (κ1) is 16.7. The summed E-state index contributed by atoms with van der Waals surface area (Å²) in [5.41, 5.74) is 0.677. The number of hydrogen-bond donors (Lipinski definition) is 1. The van der Waals surface area contributed by atoms with Gasteiger partial charge in [0.1, 0.15) is 11.9 Å². The number of amides is 1. The third-order valence-electron chi connectivity index (χ3n) is 5.41. The Balaban J connectivity index is 1.61. The van der Waals surface area contributed by atoms with Crippen LogP contribution in [0, 0.1) is 11.7 Å². The molecule has 1 aliphatic heterocycles. The Morgan fingerprint density at radius 2 is 1.88 bits per heavy atom. The number of halogens is 1. The summed E-state index contributed by atoms with van der Waals surface area (Å²) < 4.78 is 14.4. The number of aliphatic carboxylic acids is 1. The minimum Gasteiger partial charge on any atom is -0.480 e. The molecule has 7 nitrogen and oxygen atoms in total. The minimum atomic E-state index is -0.973. The first-order valence-corrected chi connectivity index (χ1v) is 8.78. The average molecular weight is 358 g/mol. The van der Waals surface area contributed by atoms with Crippen LogP contribution in [0.25, 0.3) is 5.69 Å². The molecular weight excluding hydrogens is 339 g/mol. The van der Waals surface area contributed by atoms with Gasteiger partial charge in [0.25, 0.3) is 5.91 Å². The highest BCUT2D eigenvalue weighted by atomic mass is 19.1. The second kappa shape index (κ2) is 6.51. The van der Waals surface area contributed by atoms with Crippen LogP contribution >= 0.6 is 0 Å². The molecule has 0 spiro atoms. The summed E-state index contributed by atoms with van der Waals surface area (Å²) >= 11 is 0. The van der Waals surface area contributed by atoms with Crippen molar-refractivity contribution >= 4 is 11.9 Å². The van der Waals surface area contributed by atoms with Crippen molar-refractivity contribution in [2.24, 2.45) is 5.92 Å². The number of carbonyl (C=O) groups excluding carboxylic acids is 1. The van der Waals surface area contributed by atoms with Crippen molar-refractivity contribution in [2.45, 2.75) is 44.2 Å². The number of rotatable bonds is 3. The molecule has 2 aromatic rings. The van der Waals surface area contributed by atoms with Crippen molar-refractivity contribution in [2.75, 3.05) is 0 Å². The molecule has 1 aromatic heterocycles. The maximum absolute atomic E-state index is 13.1. The third kappa shape index (κ3) is 2.85. The van der Waals surface area contributed by atoms with Crippen LogP contribution in [0.15, 0.2) is 30.5 Å². The summed E-state index contributed by atoms with van der Waals surface area (Å²) in [4.78, 5) is 26.2. The number of carboxylic acid groups (broad SMARTS) is 1. The van der Waals surface area contributed by atoms with Gasteiger partial charge in [0, 0.05) is 6.04 Å². The zero-order chi connectivity index (χ0) is 18.3. The molecule has 1 amide bonds. The highest BCUT2D eigenvalue weighted by molar-refractivity contribution is 5.95. The van der Waals surface area contributed by atoms with E-state index in [9.17, 15) is 19.1 Å². The Labute approximate surface area is 149 Å². The lowest BCUT2D eigenvalue weighted by Gasteiger charge is -2.32. The zero-order valence-electron chi connectivity index (χ0n) is 14.1. The van der Waals surface area contributed by atoms with Gasteiger partial charge in [0.05, 0.1) is 11.9 Å². The van der Waals surface area contributed by atoms with E-state index >= 15 is 0 Å². The number of carboxylic acids is 1. The molecule has 2 fully saturated rings. The second-order valence-electron chi connectivity index (χ2n) is 6.94. The van der Waals surface area contributed by atoms with Crippen LogP contribution in [0.4, 0.5) is 4.39 Å². The van der Waals surface area contributed by atoms with E-state index < -0.39 is 17.9 Å². The van der Waals surface area contributed by atoms with Crippen LogP contribution in [0.2, 0.25) is 0 Å². The Bertz CT molecular complexity index is 835. The molecule has 4 rings (SSSR count). The van der Waals surface area contributed by atoms with E-state index in [4.69, 9.17) is 0 Å². The van der Waals surface area contributed by atoms with Gasteiger partial charge in [-0.25, -0.2) is 13.9 Å². The summed E-state index contributed by atoms with van der Waals surface area (Å²) in [7, 11) is 0. The molecule has 0 unspecified atom stereocenters. The normalized spacial score (nSPS) is 25.1. The molecule has 1 saturated heterocycles. The predicted octanol–water partition coefficient (Wildman–Crippen LogP) is 2.26. The molecule has 1 aromatic carbocycles. The van der Waals surface area contributed by atoms with Crippen molar-refractivity contribution in [1.29, 1.82) is 0 Å². The molecule has 1 N–H and O–H groups in total. The molecule has 1 aliphatic carbocycles. The van der Waals surface area contributed by atoms with E-state index in [0.717, 1.165) is 25.7 Å². The smallest absolute Gasteiger partial charge is 0.326 e. The number of carbonyl (C=O) groups is 2. The lowest BCUT2D eigenvalue weighted by molar-refractivity contribution is -0.141. The summed E-state index contributed by atoms with van der Waals surface area (Å²) in [6.45, 7) is 0. The number of benzene rings is 1. The van der Waals surface area contributed by atoms with Gasteiger partial charge in [0.2, 0.25) is 0 Å². The average Bonchev–Trinajstić information content (AvgIpc) is 3.27. The Morgan fingerprint density at radius 3 is 2.62 bits per heavy atom. The quantitative estimate of drug-likeness (QED) is 0.909. The topological polar surface area (TPSA) is 88.3 Å². The zero-order valence-corrected chi connectivity index (χ0v) is 14.1. The minimum absolute atomic E-state index is 0.0479. The predicted molar refractivity (Wildman–Crippen MR) is 89.3 cm³/mol. The first-order chi connectivity index (χ1) is 12.5. The van der Waals surface area contributed by atoms with E-state index in [0.29, 0.717) is 12.1 Å². The van der Waals surface area contributed by atoms with E-state index in [-0.39, 0.29) is 23.5 Å². The SMILES string of the molecule is O=C(O)[C@@H]1C[C@H]2CCCC[C@@H]2N1C(=O)c1cn(-c2ccc(F)cc2)nn1. The molecule has 1 saturated carbocycles. The van der Waals surface area contributed by atoms with Gasteiger partial charge in [0.15, 0.2) is 5.69 Å². The monoisotopic (exact) mass is 358 g/mol. The largest absolute Gasteiger partial charge is 0.480 e. The maximum atomic E-state index is 13.1. The van der Waals surface area contributed by atoms with E-state index in [2.05, 4.69) is 10.3 Å². The lowest BCUT2D eigenvalue weighted by Crippen LogP contribution is -2.46. The highest BCUT2D eigenvalue weighted by Crippen LogP contribution is 2.40. The van der Waals surface area contributed by atoms with Crippen LogP contribution in [0.3, 0.4) is 0 Å². The van der Waals surface area contributed by atoms with Crippen molar-refractivity contribution in [1.82, 2.24) is 19.9 Å². The van der Waals surface area contributed by atoms with Crippen molar-refractivity contribution in [3.8, 4) is 5.69 Å². The van der Waals surface area contributed by atoms with Crippen LogP contribution in [0.1, 0.15) is 42.6 Å². The summed E-state index contributed by atoms with van der Waals surface area (Å²) in [6, 6.07) is 4.80. The Kier molecular flexibility index (Phi) is 4.18. The summed E-state index contributed by atoms with van der Waals surface area (Å²) in [6.07, 6.45) is 5.82. The van der Waals surface area contributed by atoms with Gasteiger partial charge >= 0.3 is 5.97 Å². The van der Waals surface area contributed by atoms with Crippen LogP contribution in [0.5, 0.6) is 0 Å². The van der Waals surface area contributed by atoms with Crippen molar-refractivity contribution < 1.29 is 19.1 Å². The van der Waals surface area contributed by atoms with E-state index in [1.54, 1.807) is 0 Å². The molecule has 26 heavy (non-hydrogen) atoms. The number of likely N-dealkylation sites (tertiary alicyclic amines) is 1. The van der Waals surface area contributed by atoms with Gasteiger partial charge in [-0.15, -0.1) is 5.10 Å². The van der Waals surface area contributed by atoms with Crippen LogP contribution in [-0.4, -0.2) is 49.0 Å². The lowest BCUT2D eigenvalue weighted by atomic mass is 9.84. The first-order valence-electron chi connectivity index (χ1n) is 8.78. The molecule has 136 valence electrons. The number of fused-ring (bicyclic) bond motifs is 1. The van der Waals surface area contributed by atoms with Gasteiger partial charge in [-0.1, -0.05) is 18.1 Å². The van der Waals surface area contributed by atoms with Gasteiger partial charge in [-0.05, 0) is 49.4 Å². The Hall–Kier alpha value is -2.77. The molecule has 8 heteroatoms. The van der Waals surface area contributed by atoms with Crippen molar-refractivity contribution in [3.63, 3.8) is 0 Å². The van der Waals surface area contributed by atoms with E-state index in [1.807, 2.05) is 0 Å². The van der Waals surface area contributed by atoms with E-state index in [1.165, 1.54) is 40.0 Å². The fraction of sp³-hybridized carbons (Fsp3) is 0.444. The number of aromatic nitrogens is 3. The molecule has 3 atom stereocenters. The number of nitrogens with zero attached hydrogens (tertiary/aromatic N) is 4. The fourth-order valence-corrected chi connectivity index (χ4v) is 4.19. The third-order valence-corrected chi connectivity index (χ3v) is 5.41. The number of hydrogen-bond acceptors (Lipinski definition) is 4. The highest BCUT2D eigenvalue weighted by Gasteiger charge is 2.48. The van der Waals surface area contributed by atoms with Crippen LogP contribution in [-0.2, 0) is 4.79 Å². The van der Waals surface area contributed by atoms with Gasteiger partial charge in [-0.3, -0.25) is 4.79 Å². The second-order valence-corrected chi connectivity index (χ2v) is 6.94. The standard InChI is InChI=1S/C18H19FN4O3/c19-12-5-7-13(8-6-12)22-10-14(20-21-22)17(24)23-15-4-2-1-3-11(15)9-16(23)18(25)26/h5-8,10-11,15-16H,1-4,9H2,(H,25,26)/t11-,15+,16+/m1/s1. The Morgan fingerprint density at radius 1 is 1.15 bits per heavy atom. The molecule has 2 aliphatic rings. The summed E-state index contributed by atoms with van der Waals surface area (Å²) in [5.74, 6) is -1.50. The molecular formula is C18H19FN4O3. The molecule has 0 bridgehead atoms. The molecule has 2 heterocycles.